The van der Waals surface area contributed by atoms with E-state index in [0.29, 0.717) is 11.1 Å². The molecule has 4 rings (SSSR count). The Hall–Kier alpha value is -2.16. The maximum atomic E-state index is 12.9. The maximum Gasteiger partial charge on any atom is 0.243 e. The number of sulfonamides is 1. The minimum absolute atomic E-state index is 0.0331. The van der Waals surface area contributed by atoms with E-state index in [-0.39, 0.29) is 23.7 Å². The van der Waals surface area contributed by atoms with Crippen molar-refractivity contribution in [3.05, 3.63) is 66.6 Å². The normalized spacial score (nSPS) is 16.6. The molecule has 2 heterocycles. The third kappa shape index (κ3) is 2.94. The molecule has 1 aromatic heterocycles. The highest BCUT2D eigenvalue weighted by Crippen LogP contribution is 2.30. The molecule has 0 aliphatic carbocycles. The third-order valence-electron chi connectivity index (χ3n) is 4.61. The van der Waals surface area contributed by atoms with Gasteiger partial charge in [0.15, 0.2) is 9.84 Å². The molecule has 1 aliphatic rings. The van der Waals surface area contributed by atoms with Gasteiger partial charge >= 0.3 is 0 Å². The van der Waals surface area contributed by atoms with E-state index in [9.17, 15) is 16.8 Å². The Kier molecular flexibility index (Phi) is 4.13. The van der Waals surface area contributed by atoms with E-state index in [0.717, 1.165) is 5.39 Å². The summed E-state index contributed by atoms with van der Waals surface area (Å²) in [5.74, 6) is 0.146. The number of hydrogen-bond acceptors (Lipinski definition) is 5. The topological polar surface area (TPSA) is 84.7 Å². The first-order valence-corrected chi connectivity index (χ1v) is 11.3. The molecule has 1 saturated heterocycles. The van der Waals surface area contributed by atoms with E-state index in [4.69, 9.17) is 4.42 Å². The largest absolute Gasteiger partial charge is 0.468 e. The molecule has 3 aromatic rings. The van der Waals surface area contributed by atoms with Gasteiger partial charge in [0.05, 0.1) is 16.4 Å². The number of hydrogen-bond donors (Lipinski definition) is 0. The number of rotatable bonds is 5. The SMILES string of the molecule is O=S(=O)(Cc1ccco1)C1CN(S(=O)(=O)c2cccc3ccccc23)C1. The van der Waals surface area contributed by atoms with Crippen LogP contribution < -0.4 is 0 Å². The predicted octanol–water partition coefficient (Wildman–Crippen LogP) is 2.42. The van der Waals surface area contributed by atoms with Crippen molar-refractivity contribution in [3.63, 3.8) is 0 Å². The molecule has 8 heteroatoms. The highest BCUT2D eigenvalue weighted by Gasteiger charge is 2.44. The molecule has 0 spiro atoms. The van der Waals surface area contributed by atoms with Gasteiger partial charge in [-0.05, 0) is 23.6 Å². The van der Waals surface area contributed by atoms with Crippen LogP contribution in [0.2, 0.25) is 0 Å². The quantitative estimate of drug-likeness (QED) is 0.667. The van der Waals surface area contributed by atoms with Gasteiger partial charge in [-0.2, -0.15) is 4.31 Å². The van der Waals surface area contributed by atoms with E-state index in [1.807, 2.05) is 18.2 Å². The first kappa shape index (κ1) is 17.3. The van der Waals surface area contributed by atoms with Crippen LogP contribution in [0.1, 0.15) is 5.76 Å². The van der Waals surface area contributed by atoms with Gasteiger partial charge in [-0.15, -0.1) is 0 Å². The maximum absolute atomic E-state index is 12.9. The van der Waals surface area contributed by atoms with Crippen LogP contribution in [0.5, 0.6) is 0 Å². The lowest BCUT2D eigenvalue weighted by Crippen LogP contribution is -2.56. The lowest BCUT2D eigenvalue weighted by molar-refractivity contribution is 0.309. The van der Waals surface area contributed by atoms with Crippen LogP contribution in [0.4, 0.5) is 0 Å². The second-order valence-corrected chi connectivity index (χ2v) is 10.5. The van der Waals surface area contributed by atoms with Gasteiger partial charge < -0.3 is 4.42 Å². The molecule has 0 N–H and O–H groups in total. The van der Waals surface area contributed by atoms with E-state index < -0.39 is 25.1 Å². The molecule has 2 aromatic carbocycles. The van der Waals surface area contributed by atoms with Crippen molar-refractivity contribution >= 4 is 30.6 Å². The Morgan fingerprint density at radius 3 is 2.38 bits per heavy atom. The molecule has 26 heavy (non-hydrogen) atoms. The zero-order valence-electron chi connectivity index (χ0n) is 13.8. The van der Waals surface area contributed by atoms with Crippen LogP contribution in [0.25, 0.3) is 10.8 Å². The van der Waals surface area contributed by atoms with E-state index in [1.54, 1.807) is 36.4 Å². The fourth-order valence-electron chi connectivity index (χ4n) is 3.09. The van der Waals surface area contributed by atoms with Gasteiger partial charge in [-0.25, -0.2) is 16.8 Å². The predicted molar refractivity (Wildman–Crippen MR) is 97.8 cm³/mol. The Labute approximate surface area is 152 Å². The van der Waals surface area contributed by atoms with Crippen molar-refractivity contribution in [2.45, 2.75) is 15.9 Å². The van der Waals surface area contributed by atoms with Crippen molar-refractivity contribution in [1.29, 1.82) is 0 Å². The molecule has 6 nitrogen and oxygen atoms in total. The third-order valence-corrected chi connectivity index (χ3v) is 8.50. The van der Waals surface area contributed by atoms with Gasteiger partial charge in [0.2, 0.25) is 10.0 Å². The number of benzene rings is 2. The fourth-order valence-corrected chi connectivity index (χ4v) is 6.64. The van der Waals surface area contributed by atoms with Gasteiger partial charge in [0.25, 0.3) is 0 Å². The molecule has 1 aliphatic heterocycles. The molecular weight excluding hydrogens is 374 g/mol. The van der Waals surface area contributed by atoms with Crippen molar-refractivity contribution < 1.29 is 21.3 Å². The Balaban J connectivity index is 1.56. The molecule has 0 amide bonds. The van der Waals surface area contributed by atoms with Crippen molar-refractivity contribution in [1.82, 2.24) is 4.31 Å². The van der Waals surface area contributed by atoms with E-state index >= 15 is 0 Å². The summed E-state index contributed by atoms with van der Waals surface area (Å²) < 4.78 is 57.0. The lowest BCUT2D eigenvalue weighted by Gasteiger charge is -2.37. The molecule has 0 unspecified atom stereocenters. The van der Waals surface area contributed by atoms with Gasteiger partial charge in [-0.1, -0.05) is 36.4 Å². The van der Waals surface area contributed by atoms with Gasteiger partial charge in [0, 0.05) is 18.5 Å². The van der Waals surface area contributed by atoms with Gasteiger partial charge in [0.1, 0.15) is 11.5 Å². The first-order valence-electron chi connectivity index (χ1n) is 8.10. The molecule has 0 bridgehead atoms. The number of fused-ring (bicyclic) bond motifs is 1. The minimum Gasteiger partial charge on any atom is -0.468 e. The summed E-state index contributed by atoms with van der Waals surface area (Å²) in [5.41, 5.74) is 0. The molecule has 1 fully saturated rings. The molecular formula is C18H17NO5S2. The van der Waals surface area contributed by atoms with Crippen LogP contribution in [-0.4, -0.2) is 39.5 Å². The fraction of sp³-hybridized carbons (Fsp3) is 0.222. The Bertz CT molecular complexity index is 1140. The Morgan fingerprint density at radius 1 is 0.923 bits per heavy atom. The van der Waals surface area contributed by atoms with Crippen LogP contribution in [0.3, 0.4) is 0 Å². The second kappa shape index (κ2) is 6.22. The van der Waals surface area contributed by atoms with Crippen LogP contribution in [-0.2, 0) is 25.6 Å². The average Bonchev–Trinajstić information content (AvgIpc) is 3.04. The molecule has 136 valence electrons. The summed E-state index contributed by atoms with van der Waals surface area (Å²) in [6.45, 7) is -0.0663. The summed E-state index contributed by atoms with van der Waals surface area (Å²) in [6.07, 6.45) is 1.42. The van der Waals surface area contributed by atoms with Gasteiger partial charge in [-0.3, -0.25) is 0 Å². The second-order valence-electron chi connectivity index (χ2n) is 6.31. The standard InChI is InChI=1S/C18H17NO5S2/c20-25(21,13-15-7-4-10-24-15)16-11-19(12-16)26(22,23)18-9-3-6-14-5-1-2-8-17(14)18/h1-10,16H,11-13H2. The highest BCUT2D eigenvalue weighted by atomic mass is 32.2. The molecule has 0 atom stereocenters. The molecule has 0 saturated carbocycles. The molecule has 0 radical (unpaired) electrons. The van der Waals surface area contributed by atoms with Crippen LogP contribution in [0.15, 0.2) is 70.2 Å². The monoisotopic (exact) mass is 391 g/mol. The summed E-state index contributed by atoms with van der Waals surface area (Å²) >= 11 is 0. The smallest absolute Gasteiger partial charge is 0.243 e. The Morgan fingerprint density at radius 2 is 1.65 bits per heavy atom. The zero-order chi connectivity index (χ0) is 18.4. The highest BCUT2D eigenvalue weighted by molar-refractivity contribution is 7.92. The van der Waals surface area contributed by atoms with Crippen molar-refractivity contribution in [3.8, 4) is 0 Å². The number of sulfone groups is 1. The van der Waals surface area contributed by atoms with Crippen molar-refractivity contribution in [2.75, 3.05) is 13.1 Å². The van der Waals surface area contributed by atoms with Crippen LogP contribution in [0, 0.1) is 0 Å². The summed E-state index contributed by atoms with van der Waals surface area (Å²) in [4.78, 5) is 0.206. The average molecular weight is 391 g/mol. The minimum atomic E-state index is -3.74. The summed E-state index contributed by atoms with van der Waals surface area (Å²) in [5, 5.41) is 0.755. The number of furan rings is 1. The zero-order valence-corrected chi connectivity index (χ0v) is 15.4. The summed E-state index contributed by atoms with van der Waals surface area (Å²) in [7, 11) is -7.20. The van der Waals surface area contributed by atoms with E-state index in [2.05, 4.69) is 0 Å². The van der Waals surface area contributed by atoms with Crippen molar-refractivity contribution in [2.24, 2.45) is 0 Å². The number of nitrogens with zero attached hydrogens (tertiary/aromatic N) is 1. The van der Waals surface area contributed by atoms with E-state index in [1.165, 1.54) is 10.6 Å². The lowest BCUT2D eigenvalue weighted by atomic mass is 10.1. The summed E-state index contributed by atoms with van der Waals surface area (Å²) in [6, 6.07) is 15.6. The first-order chi connectivity index (χ1) is 12.4. The van der Waals surface area contributed by atoms with Crippen LogP contribution >= 0.6 is 0 Å².